The molecular weight excluding hydrogens is 264 g/mol. The molecule has 5 heteroatoms. The minimum Gasteiger partial charge on any atom is -0.354 e. The van der Waals surface area contributed by atoms with Gasteiger partial charge in [-0.05, 0) is 38.8 Å². The van der Waals surface area contributed by atoms with Gasteiger partial charge in [0.05, 0.1) is 12.9 Å². The number of amides is 1. The van der Waals surface area contributed by atoms with Gasteiger partial charge in [-0.15, -0.1) is 0 Å². The molecular formula is C16H26N4O. The van der Waals surface area contributed by atoms with Crippen molar-refractivity contribution in [3.63, 3.8) is 0 Å². The largest absolute Gasteiger partial charge is 0.354 e. The third-order valence-electron chi connectivity index (χ3n) is 4.76. The van der Waals surface area contributed by atoms with Crippen molar-refractivity contribution in [2.45, 2.75) is 45.1 Å². The Morgan fingerprint density at radius 1 is 1.19 bits per heavy atom. The van der Waals surface area contributed by atoms with Crippen molar-refractivity contribution in [1.29, 1.82) is 0 Å². The van der Waals surface area contributed by atoms with Crippen molar-refractivity contribution >= 4 is 5.91 Å². The van der Waals surface area contributed by atoms with Crippen LogP contribution in [0.2, 0.25) is 0 Å². The van der Waals surface area contributed by atoms with Gasteiger partial charge in [-0.2, -0.15) is 0 Å². The molecule has 116 valence electrons. The van der Waals surface area contributed by atoms with E-state index in [0.29, 0.717) is 6.54 Å². The maximum absolute atomic E-state index is 12.1. The number of likely N-dealkylation sites (tertiary alicyclic amines) is 1. The average molecular weight is 290 g/mol. The average Bonchev–Trinajstić information content (AvgIpc) is 3.13. The second kappa shape index (κ2) is 6.60. The Balaban J connectivity index is 1.41. The minimum atomic E-state index is 0.189. The summed E-state index contributed by atoms with van der Waals surface area (Å²) in [6.07, 6.45) is 13.2. The molecule has 0 aromatic carbocycles. The summed E-state index contributed by atoms with van der Waals surface area (Å²) in [5.74, 6) is 0.189. The molecule has 1 aromatic heterocycles. The summed E-state index contributed by atoms with van der Waals surface area (Å²) in [6, 6.07) is 0. The zero-order valence-electron chi connectivity index (χ0n) is 12.8. The third-order valence-corrected chi connectivity index (χ3v) is 4.76. The molecule has 2 heterocycles. The van der Waals surface area contributed by atoms with E-state index in [1.54, 1.807) is 0 Å². The Hall–Kier alpha value is -1.36. The van der Waals surface area contributed by atoms with Crippen molar-refractivity contribution in [2.75, 3.05) is 26.2 Å². The fraction of sp³-hybridized carbons (Fsp3) is 0.750. The lowest BCUT2D eigenvalue weighted by Gasteiger charge is -2.21. The van der Waals surface area contributed by atoms with Crippen LogP contribution in [-0.2, 0) is 11.3 Å². The predicted molar refractivity (Wildman–Crippen MR) is 81.8 cm³/mol. The van der Waals surface area contributed by atoms with E-state index in [9.17, 15) is 4.79 Å². The highest BCUT2D eigenvalue weighted by Crippen LogP contribution is 2.46. The molecule has 3 rings (SSSR count). The maximum Gasteiger partial charge on any atom is 0.234 e. The molecule has 1 saturated heterocycles. The standard InChI is InChI=1S/C16H26N4O/c21-15(11-19-8-3-1-2-4-9-19)18-12-16(5-6-16)13-20-10-7-17-14-20/h7,10,14H,1-6,8-9,11-13H2,(H,18,21). The van der Waals surface area contributed by atoms with E-state index in [1.807, 2.05) is 18.7 Å². The first-order valence-corrected chi connectivity index (χ1v) is 8.21. The van der Waals surface area contributed by atoms with Gasteiger partial charge in [-0.3, -0.25) is 9.69 Å². The molecule has 2 aliphatic rings. The fourth-order valence-corrected chi connectivity index (χ4v) is 3.17. The van der Waals surface area contributed by atoms with Gasteiger partial charge >= 0.3 is 0 Å². The van der Waals surface area contributed by atoms with E-state index in [2.05, 4.69) is 19.8 Å². The lowest BCUT2D eigenvalue weighted by atomic mass is 10.1. The first-order valence-electron chi connectivity index (χ1n) is 8.21. The maximum atomic E-state index is 12.1. The van der Waals surface area contributed by atoms with Gasteiger partial charge in [0.25, 0.3) is 0 Å². The number of carbonyl (C=O) groups excluding carboxylic acids is 1. The summed E-state index contributed by atoms with van der Waals surface area (Å²) in [7, 11) is 0. The number of hydrogen-bond acceptors (Lipinski definition) is 3. The Labute approximate surface area is 126 Å². The lowest BCUT2D eigenvalue weighted by Crippen LogP contribution is -2.40. The first-order chi connectivity index (χ1) is 10.3. The van der Waals surface area contributed by atoms with Gasteiger partial charge in [0.2, 0.25) is 5.91 Å². The number of aromatic nitrogens is 2. The molecule has 1 amide bonds. The van der Waals surface area contributed by atoms with Crippen molar-refractivity contribution in [3.05, 3.63) is 18.7 Å². The molecule has 0 spiro atoms. The predicted octanol–water partition coefficient (Wildman–Crippen LogP) is 1.66. The third kappa shape index (κ3) is 4.30. The number of nitrogens with zero attached hydrogens (tertiary/aromatic N) is 3. The topological polar surface area (TPSA) is 50.2 Å². The Kier molecular flexibility index (Phi) is 4.58. The zero-order valence-corrected chi connectivity index (χ0v) is 12.8. The molecule has 1 N–H and O–H groups in total. The second-order valence-electron chi connectivity index (χ2n) is 6.70. The Morgan fingerprint density at radius 2 is 1.95 bits per heavy atom. The molecule has 21 heavy (non-hydrogen) atoms. The van der Waals surface area contributed by atoms with Crippen LogP contribution in [0.4, 0.5) is 0 Å². The minimum absolute atomic E-state index is 0.189. The van der Waals surface area contributed by atoms with E-state index in [-0.39, 0.29) is 11.3 Å². The SMILES string of the molecule is O=C(CN1CCCCCC1)NCC1(Cn2ccnc2)CC1. The summed E-state index contributed by atoms with van der Waals surface area (Å²) in [5, 5.41) is 3.15. The van der Waals surface area contributed by atoms with E-state index < -0.39 is 0 Å². The molecule has 2 fully saturated rings. The highest BCUT2D eigenvalue weighted by Gasteiger charge is 2.42. The van der Waals surface area contributed by atoms with E-state index in [4.69, 9.17) is 0 Å². The quantitative estimate of drug-likeness (QED) is 0.867. The van der Waals surface area contributed by atoms with Crippen LogP contribution in [-0.4, -0.2) is 46.5 Å². The van der Waals surface area contributed by atoms with Crippen LogP contribution in [0.3, 0.4) is 0 Å². The molecule has 0 radical (unpaired) electrons. The van der Waals surface area contributed by atoms with E-state index in [1.165, 1.54) is 38.5 Å². The van der Waals surface area contributed by atoms with Crippen LogP contribution < -0.4 is 5.32 Å². The molecule has 0 bridgehead atoms. The van der Waals surface area contributed by atoms with Gasteiger partial charge in [0, 0.05) is 30.9 Å². The molecule has 1 saturated carbocycles. The van der Waals surface area contributed by atoms with Crippen molar-refractivity contribution < 1.29 is 4.79 Å². The van der Waals surface area contributed by atoms with E-state index >= 15 is 0 Å². The summed E-state index contributed by atoms with van der Waals surface area (Å²) in [5.41, 5.74) is 0.273. The van der Waals surface area contributed by atoms with Crippen LogP contribution in [0.25, 0.3) is 0 Å². The van der Waals surface area contributed by atoms with Crippen LogP contribution >= 0.6 is 0 Å². The molecule has 5 nitrogen and oxygen atoms in total. The highest BCUT2D eigenvalue weighted by atomic mass is 16.2. The summed E-state index contributed by atoms with van der Waals surface area (Å²) >= 11 is 0. The fourth-order valence-electron chi connectivity index (χ4n) is 3.17. The van der Waals surface area contributed by atoms with Crippen LogP contribution in [0, 0.1) is 5.41 Å². The molecule has 1 aliphatic carbocycles. The van der Waals surface area contributed by atoms with Gasteiger partial charge in [-0.1, -0.05) is 12.8 Å². The van der Waals surface area contributed by atoms with E-state index in [0.717, 1.165) is 26.2 Å². The number of carbonyl (C=O) groups is 1. The summed E-state index contributed by atoms with van der Waals surface area (Å²) < 4.78 is 2.12. The van der Waals surface area contributed by atoms with Crippen molar-refractivity contribution in [2.24, 2.45) is 5.41 Å². The number of imidazole rings is 1. The summed E-state index contributed by atoms with van der Waals surface area (Å²) in [4.78, 5) is 18.5. The molecule has 1 aromatic rings. The monoisotopic (exact) mass is 290 g/mol. The van der Waals surface area contributed by atoms with Gasteiger partial charge < -0.3 is 9.88 Å². The lowest BCUT2D eigenvalue weighted by molar-refractivity contribution is -0.122. The smallest absolute Gasteiger partial charge is 0.234 e. The van der Waals surface area contributed by atoms with Crippen molar-refractivity contribution in [3.8, 4) is 0 Å². The van der Waals surface area contributed by atoms with Crippen LogP contribution in [0.5, 0.6) is 0 Å². The Bertz CT molecular complexity index is 445. The first kappa shape index (κ1) is 14.6. The Morgan fingerprint density at radius 3 is 2.57 bits per heavy atom. The number of nitrogens with one attached hydrogen (secondary N) is 1. The zero-order chi connectivity index (χ0) is 14.5. The highest BCUT2D eigenvalue weighted by molar-refractivity contribution is 5.78. The number of hydrogen-bond donors (Lipinski definition) is 1. The molecule has 0 atom stereocenters. The van der Waals surface area contributed by atoms with Gasteiger partial charge in [0.1, 0.15) is 0 Å². The second-order valence-corrected chi connectivity index (χ2v) is 6.70. The van der Waals surface area contributed by atoms with Crippen LogP contribution in [0.1, 0.15) is 38.5 Å². The summed E-state index contributed by atoms with van der Waals surface area (Å²) in [6.45, 7) is 4.50. The van der Waals surface area contributed by atoms with Crippen molar-refractivity contribution in [1.82, 2.24) is 19.8 Å². The van der Waals surface area contributed by atoms with Crippen LogP contribution in [0.15, 0.2) is 18.7 Å². The normalized spacial score (nSPS) is 21.7. The van der Waals surface area contributed by atoms with Gasteiger partial charge in [0.15, 0.2) is 0 Å². The van der Waals surface area contributed by atoms with Gasteiger partial charge in [-0.25, -0.2) is 4.98 Å². The molecule has 1 aliphatic heterocycles. The molecule has 0 unspecified atom stereocenters. The number of rotatable bonds is 6.